The molecule has 1 aliphatic rings. The zero-order valence-electron chi connectivity index (χ0n) is 16.4. The fourth-order valence-electron chi connectivity index (χ4n) is 3.02. The van der Waals surface area contributed by atoms with Crippen molar-refractivity contribution in [1.29, 1.82) is 0 Å². The maximum Gasteiger partial charge on any atom is 0.246 e. The third kappa shape index (κ3) is 4.81. The molecule has 0 fully saturated rings. The summed E-state index contributed by atoms with van der Waals surface area (Å²) in [6.45, 7) is 2.32. The molecule has 4 rings (SSSR count). The number of carbonyl (C=O) groups excluding carboxylic acids is 1. The fraction of sp³-hybridized carbons (Fsp3) is 0.174. The normalized spacial score (nSPS) is 12.9. The number of nitrogens with one attached hydrogen (secondary N) is 2. The Morgan fingerprint density at radius 2 is 1.83 bits per heavy atom. The fourth-order valence-corrected chi connectivity index (χ4v) is 3.02. The molecule has 3 aromatic carbocycles. The van der Waals surface area contributed by atoms with Gasteiger partial charge >= 0.3 is 0 Å². The number of ether oxygens (including phenoxy) is 3. The van der Waals surface area contributed by atoms with Crippen molar-refractivity contribution >= 4 is 17.3 Å². The minimum atomic E-state index is -0.515. The highest BCUT2D eigenvalue weighted by Crippen LogP contribution is 2.35. The molecular formula is C23H21FN2O4. The summed E-state index contributed by atoms with van der Waals surface area (Å²) in [4.78, 5) is 12.4. The van der Waals surface area contributed by atoms with Crippen LogP contribution in [0.4, 0.5) is 15.8 Å². The van der Waals surface area contributed by atoms with Crippen LogP contribution < -0.4 is 24.8 Å². The number of halogens is 1. The number of amides is 1. The van der Waals surface area contributed by atoms with Gasteiger partial charge in [-0.25, -0.2) is 4.39 Å². The lowest BCUT2D eigenvalue weighted by atomic mass is 10.2. The van der Waals surface area contributed by atoms with E-state index in [-0.39, 0.29) is 12.7 Å². The maximum atomic E-state index is 13.3. The minimum absolute atomic E-state index is 0.220. The first kappa shape index (κ1) is 19.6. The lowest BCUT2D eigenvalue weighted by Crippen LogP contribution is -2.31. The standard InChI is InChI=1S/C23H21FN2O4/c1-15(23(27)26-19-7-3-5-17(24)11-19)25-18-6-2-4-16(10-18)13-28-20-8-9-21-22(12-20)30-14-29-21/h2-12,15,25H,13-14H2,1H3,(H,26,27). The minimum Gasteiger partial charge on any atom is -0.489 e. The Hall–Kier alpha value is -3.74. The molecular weight excluding hydrogens is 387 g/mol. The Balaban J connectivity index is 1.34. The zero-order chi connectivity index (χ0) is 20.9. The second kappa shape index (κ2) is 8.73. The van der Waals surface area contributed by atoms with Crippen molar-refractivity contribution in [1.82, 2.24) is 0 Å². The Bertz CT molecular complexity index is 1060. The molecule has 1 heterocycles. The Morgan fingerprint density at radius 1 is 1.03 bits per heavy atom. The Morgan fingerprint density at radius 3 is 2.70 bits per heavy atom. The molecule has 0 saturated heterocycles. The molecule has 7 heteroatoms. The molecule has 1 atom stereocenters. The average molecular weight is 408 g/mol. The number of hydrogen-bond acceptors (Lipinski definition) is 5. The van der Waals surface area contributed by atoms with Crippen LogP contribution in [-0.4, -0.2) is 18.7 Å². The molecule has 1 aliphatic heterocycles. The summed E-state index contributed by atoms with van der Waals surface area (Å²) in [7, 11) is 0. The summed E-state index contributed by atoms with van der Waals surface area (Å²) in [5.74, 6) is 1.40. The summed E-state index contributed by atoms with van der Waals surface area (Å²) in [5, 5.41) is 5.85. The molecule has 30 heavy (non-hydrogen) atoms. The maximum absolute atomic E-state index is 13.3. The van der Waals surface area contributed by atoms with Crippen LogP contribution in [0.15, 0.2) is 66.7 Å². The summed E-state index contributed by atoms with van der Waals surface area (Å²) in [6, 6.07) is 18.3. The number of carbonyl (C=O) groups is 1. The van der Waals surface area contributed by atoms with Gasteiger partial charge in [-0.2, -0.15) is 0 Å². The van der Waals surface area contributed by atoms with Gasteiger partial charge < -0.3 is 24.8 Å². The first-order valence-electron chi connectivity index (χ1n) is 9.51. The van der Waals surface area contributed by atoms with Crippen LogP contribution in [0.1, 0.15) is 12.5 Å². The van der Waals surface area contributed by atoms with Crippen molar-refractivity contribution in [2.45, 2.75) is 19.6 Å². The van der Waals surface area contributed by atoms with Crippen LogP contribution in [0, 0.1) is 5.82 Å². The molecule has 6 nitrogen and oxygen atoms in total. The highest BCUT2D eigenvalue weighted by atomic mass is 19.1. The molecule has 0 spiro atoms. The highest BCUT2D eigenvalue weighted by Gasteiger charge is 2.15. The van der Waals surface area contributed by atoms with Crippen molar-refractivity contribution in [3.8, 4) is 17.2 Å². The van der Waals surface area contributed by atoms with Gasteiger partial charge in [0.2, 0.25) is 12.7 Å². The number of benzene rings is 3. The van der Waals surface area contributed by atoms with E-state index in [2.05, 4.69) is 10.6 Å². The van der Waals surface area contributed by atoms with Crippen LogP contribution in [0.25, 0.3) is 0 Å². The largest absolute Gasteiger partial charge is 0.489 e. The number of fused-ring (bicyclic) bond motifs is 1. The van der Waals surface area contributed by atoms with E-state index in [0.29, 0.717) is 29.5 Å². The molecule has 0 radical (unpaired) electrons. The lowest BCUT2D eigenvalue weighted by Gasteiger charge is -2.16. The van der Waals surface area contributed by atoms with Gasteiger partial charge in [0, 0.05) is 17.4 Å². The Kier molecular flexibility index (Phi) is 5.70. The van der Waals surface area contributed by atoms with Crippen molar-refractivity contribution in [2.75, 3.05) is 17.4 Å². The number of anilines is 2. The predicted octanol–water partition coefficient (Wildman–Crippen LogP) is 4.57. The second-order valence-electron chi connectivity index (χ2n) is 6.87. The van der Waals surface area contributed by atoms with E-state index in [4.69, 9.17) is 14.2 Å². The van der Waals surface area contributed by atoms with E-state index in [9.17, 15) is 9.18 Å². The monoisotopic (exact) mass is 408 g/mol. The molecule has 2 N–H and O–H groups in total. The molecule has 3 aromatic rings. The predicted molar refractivity (Wildman–Crippen MR) is 111 cm³/mol. The first-order chi connectivity index (χ1) is 14.6. The highest BCUT2D eigenvalue weighted by molar-refractivity contribution is 5.96. The molecule has 0 saturated carbocycles. The van der Waals surface area contributed by atoms with Gasteiger partial charge in [-0.05, 0) is 55.0 Å². The number of hydrogen-bond donors (Lipinski definition) is 2. The molecule has 0 aliphatic carbocycles. The van der Waals surface area contributed by atoms with Crippen LogP contribution in [-0.2, 0) is 11.4 Å². The summed E-state index contributed by atoms with van der Waals surface area (Å²) in [6.07, 6.45) is 0. The van der Waals surface area contributed by atoms with Crippen molar-refractivity contribution < 1.29 is 23.4 Å². The first-order valence-corrected chi connectivity index (χ1v) is 9.51. The summed E-state index contributed by atoms with van der Waals surface area (Å²) < 4.78 is 29.8. The topological polar surface area (TPSA) is 68.8 Å². The van der Waals surface area contributed by atoms with Crippen LogP contribution in [0.3, 0.4) is 0 Å². The van der Waals surface area contributed by atoms with E-state index < -0.39 is 11.9 Å². The smallest absolute Gasteiger partial charge is 0.246 e. The van der Waals surface area contributed by atoms with Gasteiger partial charge in [0.15, 0.2) is 11.5 Å². The van der Waals surface area contributed by atoms with Gasteiger partial charge in [0.1, 0.15) is 24.2 Å². The molecule has 1 unspecified atom stereocenters. The lowest BCUT2D eigenvalue weighted by molar-refractivity contribution is -0.116. The van der Waals surface area contributed by atoms with E-state index in [0.717, 1.165) is 11.3 Å². The van der Waals surface area contributed by atoms with Crippen molar-refractivity contribution in [3.63, 3.8) is 0 Å². The number of rotatable bonds is 7. The van der Waals surface area contributed by atoms with E-state index >= 15 is 0 Å². The summed E-state index contributed by atoms with van der Waals surface area (Å²) >= 11 is 0. The zero-order valence-corrected chi connectivity index (χ0v) is 16.4. The van der Waals surface area contributed by atoms with Crippen LogP contribution in [0.2, 0.25) is 0 Å². The van der Waals surface area contributed by atoms with E-state index in [1.807, 2.05) is 36.4 Å². The van der Waals surface area contributed by atoms with Gasteiger partial charge in [0.25, 0.3) is 0 Å². The molecule has 0 bridgehead atoms. The third-order valence-corrected chi connectivity index (χ3v) is 4.55. The van der Waals surface area contributed by atoms with Crippen LogP contribution >= 0.6 is 0 Å². The van der Waals surface area contributed by atoms with E-state index in [1.54, 1.807) is 25.1 Å². The molecule has 154 valence electrons. The van der Waals surface area contributed by atoms with Gasteiger partial charge in [-0.3, -0.25) is 4.79 Å². The van der Waals surface area contributed by atoms with Crippen LogP contribution in [0.5, 0.6) is 17.2 Å². The SMILES string of the molecule is CC(Nc1cccc(COc2ccc3c(c2)OCO3)c1)C(=O)Nc1cccc(F)c1. The third-order valence-electron chi connectivity index (χ3n) is 4.55. The van der Waals surface area contributed by atoms with Crippen molar-refractivity contribution in [2.24, 2.45) is 0 Å². The van der Waals surface area contributed by atoms with Gasteiger partial charge in [0.05, 0.1) is 0 Å². The Labute approximate surface area is 173 Å². The molecule has 1 amide bonds. The van der Waals surface area contributed by atoms with Crippen molar-refractivity contribution in [3.05, 3.63) is 78.1 Å². The average Bonchev–Trinajstić information content (AvgIpc) is 3.20. The second-order valence-corrected chi connectivity index (χ2v) is 6.87. The van der Waals surface area contributed by atoms with E-state index in [1.165, 1.54) is 12.1 Å². The quantitative estimate of drug-likeness (QED) is 0.599. The van der Waals surface area contributed by atoms with Gasteiger partial charge in [-0.15, -0.1) is 0 Å². The van der Waals surface area contributed by atoms with Gasteiger partial charge in [-0.1, -0.05) is 18.2 Å². The molecule has 0 aromatic heterocycles. The summed E-state index contributed by atoms with van der Waals surface area (Å²) in [5.41, 5.74) is 2.14.